The number of anilines is 1. The summed E-state index contributed by atoms with van der Waals surface area (Å²) in [4.78, 5) is 29.4. The Morgan fingerprint density at radius 1 is 0.967 bits per heavy atom. The molecule has 3 rings (SSSR count). The van der Waals surface area contributed by atoms with Gasteiger partial charge in [0.05, 0.1) is 33.3 Å². The first-order valence-electron chi connectivity index (χ1n) is 9.80. The van der Waals surface area contributed by atoms with Gasteiger partial charge in [-0.3, -0.25) is 9.59 Å². The lowest BCUT2D eigenvalue weighted by Crippen LogP contribution is -2.48. The van der Waals surface area contributed by atoms with Crippen molar-refractivity contribution < 1.29 is 23.8 Å². The van der Waals surface area contributed by atoms with Crippen LogP contribution in [0.2, 0.25) is 0 Å². The van der Waals surface area contributed by atoms with Gasteiger partial charge in [-0.2, -0.15) is 0 Å². The van der Waals surface area contributed by atoms with E-state index in [2.05, 4.69) is 0 Å². The van der Waals surface area contributed by atoms with Crippen molar-refractivity contribution in [2.24, 2.45) is 5.92 Å². The van der Waals surface area contributed by atoms with E-state index in [9.17, 15) is 9.59 Å². The zero-order chi connectivity index (χ0) is 21.8. The summed E-state index contributed by atoms with van der Waals surface area (Å²) in [7, 11) is 8.21. The summed E-state index contributed by atoms with van der Waals surface area (Å²) >= 11 is 0. The molecule has 0 unspecified atom stereocenters. The minimum absolute atomic E-state index is 0.0132. The average molecular weight is 412 g/mol. The number of rotatable bonds is 6. The van der Waals surface area contributed by atoms with E-state index in [1.807, 2.05) is 36.4 Å². The Morgan fingerprint density at radius 2 is 1.63 bits per heavy atom. The number of piperidine rings is 1. The van der Waals surface area contributed by atoms with Crippen LogP contribution in [0, 0.1) is 5.92 Å². The quantitative estimate of drug-likeness (QED) is 0.728. The largest absolute Gasteiger partial charge is 0.497 e. The Labute approximate surface area is 177 Å². The van der Waals surface area contributed by atoms with Gasteiger partial charge in [0, 0.05) is 26.2 Å². The molecule has 2 aromatic rings. The highest BCUT2D eigenvalue weighted by Crippen LogP contribution is 2.43. The smallest absolute Gasteiger partial charge is 0.227 e. The van der Waals surface area contributed by atoms with Crippen LogP contribution in [0.15, 0.2) is 42.5 Å². The molecule has 0 aromatic heterocycles. The predicted octanol–water partition coefficient (Wildman–Crippen LogP) is 3.28. The molecule has 30 heavy (non-hydrogen) atoms. The van der Waals surface area contributed by atoms with Crippen molar-refractivity contribution in [1.82, 2.24) is 4.90 Å². The molecule has 0 radical (unpaired) electrons. The number of carbonyl (C=O) groups is 2. The highest BCUT2D eigenvalue weighted by molar-refractivity contribution is 5.97. The van der Waals surface area contributed by atoms with Crippen LogP contribution in [0.25, 0.3) is 0 Å². The summed E-state index contributed by atoms with van der Waals surface area (Å²) in [5.74, 6) is 1.43. The second-order valence-electron chi connectivity index (χ2n) is 7.40. The van der Waals surface area contributed by atoms with Gasteiger partial charge in [0.1, 0.15) is 5.75 Å². The van der Waals surface area contributed by atoms with Crippen LogP contribution in [0.1, 0.15) is 24.4 Å². The number of hydrogen-bond acceptors (Lipinski definition) is 5. The van der Waals surface area contributed by atoms with E-state index >= 15 is 0 Å². The molecule has 0 saturated carbocycles. The molecule has 1 fully saturated rings. The third-order valence-corrected chi connectivity index (χ3v) is 5.45. The highest BCUT2D eigenvalue weighted by atomic mass is 16.5. The van der Waals surface area contributed by atoms with Crippen molar-refractivity contribution in [1.29, 1.82) is 0 Å². The fourth-order valence-electron chi connectivity index (χ4n) is 3.95. The number of carbonyl (C=O) groups excluding carboxylic acids is 2. The number of methoxy groups -OCH3 is 3. The van der Waals surface area contributed by atoms with Gasteiger partial charge >= 0.3 is 0 Å². The topological polar surface area (TPSA) is 68.3 Å². The van der Waals surface area contributed by atoms with E-state index in [0.717, 1.165) is 11.3 Å². The van der Waals surface area contributed by atoms with Crippen molar-refractivity contribution in [3.05, 3.63) is 48.0 Å². The van der Waals surface area contributed by atoms with Gasteiger partial charge in [0.2, 0.25) is 11.8 Å². The third kappa shape index (κ3) is 4.06. The number of benzene rings is 2. The summed E-state index contributed by atoms with van der Waals surface area (Å²) < 4.78 is 16.1. The van der Waals surface area contributed by atoms with Gasteiger partial charge in [0.25, 0.3) is 0 Å². The summed E-state index contributed by atoms with van der Waals surface area (Å²) in [5.41, 5.74) is 1.54. The Kier molecular flexibility index (Phi) is 6.50. The van der Waals surface area contributed by atoms with Crippen LogP contribution in [-0.2, 0) is 9.59 Å². The molecule has 1 aliphatic rings. The van der Waals surface area contributed by atoms with Gasteiger partial charge in [-0.1, -0.05) is 6.07 Å². The highest BCUT2D eigenvalue weighted by Gasteiger charge is 2.42. The minimum Gasteiger partial charge on any atom is -0.497 e. The molecule has 0 bridgehead atoms. The molecule has 0 N–H and O–H groups in total. The summed E-state index contributed by atoms with van der Waals surface area (Å²) in [6.45, 7) is 0. The second-order valence-corrected chi connectivity index (χ2v) is 7.40. The Balaban J connectivity index is 2.14. The molecular weight excluding hydrogens is 384 g/mol. The predicted molar refractivity (Wildman–Crippen MR) is 114 cm³/mol. The molecule has 2 aromatic carbocycles. The van der Waals surface area contributed by atoms with E-state index in [4.69, 9.17) is 14.2 Å². The van der Waals surface area contributed by atoms with E-state index in [0.29, 0.717) is 30.1 Å². The van der Waals surface area contributed by atoms with Crippen LogP contribution >= 0.6 is 0 Å². The van der Waals surface area contributed by atoms with Crippen LogP contribution < -0.4 is 19.1 Å². The molecular formula is C23H28N2O5. The molecule has 160 valence electrons. The van der Waals surface area contributed by atoms with Crippen LogP contribution in [-0.4, -0.2) is 52.1 Å². The molecule has 1 aliphatic heterocycles. The minimum atomic E-state index is -0.464. The Morgan fingerprint density at radius 3 is 2.20 bits per heavy atom. The fourth-order valence-corrected chi connectivity index (χ4v) is 3.95. The lowest BCUT2D eigenvalue weighted by molar-refractivity contribution is -0.136. The maximum Gasteiger partial charge on any atom is 0.227 e. The summed E-state index contributed by atoms with van der Waals surface area (Å²) in [6.07, 6.45) is 0.793. The molecule has 2 amide bonds. The molecule has 7 heteroatoms. The summed E-state index contributed by atoms with van der Waals surface area (Å²) in [5, 5.41) is 0. The van der Waals surface area contributed by atoms with Crippen molar-refractivity contribution in [3.8, 4) is 17.2 Å². The maximum atomic E-state index is 13.1. The van der Waals surface area contributed by atoms with E-state index in [-0.39, 0.29) is 17.7 Å². The van der Waals surface area contributed by atoms with Gasteiger partial charge < -0.3 is 24.0 Å². The number of nitrogens with zero attached hydrogens (tertiary/aromatic N) is 2. The maximum absolute atomic E-state index is 13.1. The van der Waals surface area contributed by atoms with Crippen molar-refractivity contribution in [2.75, 3.05) is 40.3 Å². The van der Waals surface area contributed by atoms with Crippen molar-refractivity contribution in [2.45, 2.75) is 18.9 Å². The lowest BCUT2D eigenvalue weighted by atomic mass is 9.82. The first-order chi connectivity index (χ1) is 14.4. The zero-order valence-corrected chi connectivity index (χ0v) is 18.0. The third-order valence-electron chi connectivity index (χ3n) is 5.45. The van der Waals surface area contributed by atoms with Crippen LogP contribution in [0.3, 0.4) is 0 Å². The first-order valence-corrected chi connectivity index (χ1v) is 9.80. The molecule has 0 aliphatic carbocycles. The standard InChI is InChI=1S/C23H28N2O5/c1-24(2)23(27)18-11-13-21(26)25(16-7-9-17(28-3)10-8-16)22(18)15-6-12-19(29-4)20(14-15)30-5/h6-10,12,14,18,22H,11,13H2,1-5H3/t18-,22+/m0/s1. The number of hydrogen-bond donors (Lipinski definition) is 0. The molecule has 1 saturated heterocycles. The van der Waals surface area contributed by atoms with E-state index in [1.165, 1.54) is 0 Å². The molecule has 1 heterocycles. The van der Waals surface area contributed by atoms with Crippen LogP contribution in [0.5, 0.6) is 17.2 Å². The monoisotopic (exact) mass is 412 g/mol. The molecule has 7 nitrogen and oxygen atoms in total. The molecule has 2 atom stereocenters. The summed E-state index contributed by atoms with van der Waals surface area (Å²) in [6, 6.07) is 12.4. The zero-order valence-electron chi connectivity index (χ0n) is 18.0. The van der Waals surface area contributed by atoms with Gasteiger partial charge in [-0.05, 0) is 48.4 Å². The van der Waals surface area contributed by atoms with Gasteiger partial charge in [-0.25, -0.2) is 0 Å². The Bertz CT molecular complexity index is 910. The fraction of sp³-hybridized carbons (Fsp3) is 0.391. The molecule has 0 spiro atoms. The number of amides is 2. The number of ether oxygens (including phenoxy) is 3. The lowest BCUT2D eigenvalue weighted by Gasteiger charge is -2.41. The average Bonchev–Trinajstić information content (AvgIpc) is 2.77. The Hall–Kier alpha value is -3.22. The van der Waals surface area contributed by atoms with Crippen LogP contribution in [0.4, 0.5) is 5.69 Å². The normalized spacial score (nSPS) is 18.7. The van der Waals surface area contributed by atoms with E-state index < -0.39 is 6.04 Å². The second kappa shape index (κ2) is 9.07. The first kappa shape index (κ1) is 21.5. The van der Waals surface area contributed by atoms with Crippen molar-refractivity contribution >= 4 is 17.5 Å². The van der Waals surface area contributed by atoms with Gasteiger partial charge in [0.15, 0.2) is 11.5 Å². The SMILES string of the molecule is COc1ccc(N2C(=O)CC[C@H](C(=O)N(C)C)[C@H]2c2ccc(OC)c(OC)c2)cc1. The van der Waals surface area contributed by atoms with E-state index in [1.54, 1.807) is 51.3 Å². The van der Waals surface area contributed by atoms with Gasteiger partial charge in [-0.15, -0.1) is 0 Å². The van der Waals surface area contributed by atoms with Crippen molar-refractivity contribution in [3.63, 3.8) is 0 Å².